The van der Waals surface area contributed by atoms with Crippen LogP contribution in [0.5, 0.6) is 0 Å². The molecule has 0 aliphatic rings. The van der Waals surface area contributed by atoms with Gasteiger partial charge in [-0.25, -0.2) is 0 Å². The summed E-state index contributed by atoms with van der Waals surface area (Å²) in [6.45, 7) is 2.03. The van der Waals surface area contributed by atoms with Crippen molar-refractivity contribution in [2.75, 3.05) is 11.9 Å². The molecule has 5 heteroatoms. The van der Waals surface area contributed by atoms with E-state index < -0.39 is 12.1 Å². The van der Waals surface area contributed by atoms with Crippen LogP contribution >= 0.6 is 0 Å². The summed E-state index contributed by atoms with van der Waals surface area (Å²) in [5, 5.41) is 22.6. The van der Waals surface area contributed by atoms with Gasteiger partial charge in [0.15, 0.2) is 0 Å². The Bertz CT molecular complexity index is 618. The van der Waals surface area contributed by atoms with E-state index in [1.165, 1.54) is 0 Å². The van der Waals surface area contributed by atoms with Gasteiger partial charge in [-0.15, -0.1) is 0 Å². The minimum absolute atomic E-state index is 0.389. The Kier molecular flexibility index (Phi) is 3.95. The maximum Gasteiger partial charge on any atom is 0.103 e. The molecular weight excluding hydrogens is 240 g/mol. The van der Waals surface area contributed by atoms with Crippen molar-refractivity contribution in [3.8, 4) is 6.07 Å². The fraction of sp³-hybridized carbons (Fsp3) is 0.286. The van der Waals surface area contributed by atoms with Gasteiger partial charge in [-0.1, -0.05) is 18.2 Å². The first-order valence-electron chi connectivity index (χ1n) is 6.09. The summed E-state index contributed by atoms with van der Waals surface area (Å²) < 4.78 is 0. The fourth-order valence-electron chi connectivity index (χ4n) is 1.81. The number of nitrogens with one attached hydrogen (secondary N) is 1. The van der Waals surface area contributed by atoms with E-state index in [-0.39, 0.29) is 0 Å². The molecule has 0 amide bonds. The average Bonchev–Trinajstić information content (AvgIpc) is 2.43. The van der Waals surface area contributed by atoms with Crippen molar-refractivity contribution in [2.45, 2.75) is 19.1 Å². The zero-order chi connectivity index (χ0) is 13.8. The average molecular weight is 256 g/mol. The number of benzene rings is 1. The van der Waals surface area contributed by atoms with E-state index in [9.17, 15) is 5.11 Å². The monoisotopic (exact) mass is 256 g/mol. The van der Waals surface area contributed by atoms with Crippen LogP contribution in [0.25, 0.3) is 10.9 Å². The first-order valence-corrected chi connectivity index (χ1v) is 6.09. The van der Waals surface area contributed by atoms with Gasteiger partial charge >= 0.3 is 0 Å². The van der Waals surface area contributed by atoms with Gasteiger partial charge in [-0.3, -0.25) is 4.98 Å². The number of nitrogens with zero attached hydrogens (tertiary/aromatic N) is 2. The van der Waals surface area contributed by atoms with Crippen molar-refractivity contribution in [3.05, 3.63) is 36.0 Å². The number of nitriles is 1. The Morgan fingerprint density at radius 2 is 2.21 bits per heavy atom. The van der Waals surface area contributed by atoms with Crippen LogP contribution in [0.3, 0.4) is 0 Å². The SMILES string of the molecule is CC(O)C(N)CNc1c(C#N)cnc2ccccc12. The lowest BCUT2D eigenvalue weighted by atomic mass is 10.1. The summed E-state index contributed by atoms with van der Waals surface area (Å²) in [4.78, 5) is 4.23. The van der Waals surface area contributed by atoms with E-state index in [1.54, 1.807) is 13.1 Å². The smallest absolute Gasteiger partial charge is 0.103 e. The molecule has 19 heavy (non-hydrogen) atoms. The van der Waals surface area contributed by atoms with Crippen molar-refractivity contribution in [1.29, 1.82) is 5.26 Å². The molecule has 0 saturated heterocycles. The first kappa shape index (κ1) is 13.3. The number of aromatic nitrogens is 1. The Hall–Kier alpha value is -2.16. The summed E-state index contributed by atoms with van der Waals surface area (Å²) in [5.41, 5.74) is 7.78. The number of anilines is 1. The van der Waals surface area contributed by atoms with E-state index in [4.69, 9.17) is 11.0 Å². The Balaban J connectivity index is 2.37. The van der Waals surface area contributed by atoms with Crippen molar-refractivity contribution in [1.82, 2.24) is 4.98 Å². The molecule has 0 spiro atoms. The highest BCUT2D eigenvalue weighted by Crippen LogP contribution is 2.25. The molecule has 4 N–H and O–H groups in total. The van der Waals surface area contributed by atoms with Crippen molar-refractivity contribution >= 4 is 16.6 Å². The predicted octanol–water partition coefficient (Wildman–Crippen LogP) is 1.23. The van der Waals surface area contributed by atoms with Crippen LogP contribution in [0.4, 0.5) is 5.69 Å². The van der Waals surface area contributed by atoms with Crippen LogP contribution in [0.2, 0.25) is 0 Å². The highest BCUT2D eigenvalue weighted by Gasteiger charge is 2.12. The number of fused-ring (bicyclic) bond motifs is 1. The zero-order valence-electron chi connectivity index (χ0n) is 10.7. The maximum absolute atomic E-state index is 9.40. The highest BCUT2D eigenvalue weighted by molar-refractivity contribution is 5.93. The Morgan fingerprint density at radius 3 is 2.89 bits per heavy atom. The Morgan fingerprint density at radius 1 is 1.47 bits per heavy atom. The standard InChI is InChI=1S/C14H16N4O/c1-9(19)12(16)8-18-14-10(6-15)7-17-13-5-3-2-4-11(13)14/h2-5,7,9,12,19H,8,16H2,1H3,(H,17,18). The molecule has 2 unspecified atom stereocenters. The van der Waals surface area contributed by atoms with Crippen LogP contribution < -0.4 is 11.1 Å². The second kappa shape index (κ2) is 5.65. The van der Waals surface area contributed by atoms with Crippen LogP contribution in [-0.4, -0.2) is 28.8 Å². The van der Waals surface area contributed by atoms with Crippen LogP contribution in [0.15, 0.2) is 30.5 Å². The number of pyridine rings is 1. The van der Waals surface area contributed by atoms with Gasteiger partial charge in [-0.2, -0.15) is 5.26 Å². The molecule has 1 heterocycles. The van der Waals surface area contributed by atoms with Crippen molar-refractivity contribution in [2.24, 2.45) is 5.73 Å². The molecular formula is C14H16N4O. The van der Waals surface area contributed by atoms with Crippen molar-refractivity contribution < 1.29 is 5.11 Å². The second-order valence-electron chi connectivity index (χ2n) is 4.46. The molecule has 0 saturated carbocycles. The molecule has 0 bridgehead atoms. The summed E-state index contributed by atoms with van der Waals surface area (Å²) in [7, 11) is 0. The third-order valence-electron chi connectivity index (χ3n) is 3.03. The number of aliphatic hydroxyl groups excluding tert-OH is 1. The van der Waals surface area contributed by atoms with Gasteiger partial charge in [0.2, 0.25) is 0 Å². The van der Waals surface area contributed by atoms with E-state index in [0.29, 0.717) is 17.8 Å². The number of rotatable bonds is 4. The van der Waals surface area contributed by atoms with E-state index >= 15 is 0 Å². The second-order valence-corrected chi connectivity index (χ2v) is 4.46. The number of hydrogen-bond acceptors (Lipinski definition) is 5. The summed E-state index contributed by atoms with van der Waals surface area (Å²) in [5.74, 6) is 0. The van der Waals surface area contributed by atoms with Gasteiger partial charge in [0.1, 0.15) is 6.07 Å². The number of aliphatic hydroxyl groups is 1. The largest absolute Gasteiger partial charge is 0.392 e. The quantitative estimate of drug-likeness (QED) is 0.764. The van der Waals surface area contributed by atoms with Crippen molar-refractivity contribution in [3.63, 3.8) is 0 Å². The first-order chi connectivity index (χ1) is 9.13. The van der Waals surface area contributed by atoms with Crippen LogP contribution in [0.1, 0.15) is 12.5 Å². The minimum atomic E-state index is -0.605. The van der Waals surface area contributed by atoms with E-state index in [0.717, 1.165) is 10.9 Å². The third-order valence-corrected chi connectivity index (χ3v) is 3.03. The molecule has 2 aromatic rings. The minimum Gasteiger partial charge on any atom is -0.392 e. The maximum atomic E-state index is 9.40. The molecule has 0 fully saturated rings. The van der Waals surface area contributed by atoms with E-state index in [1.807, 2.05) is 24.3 Å². The third kappa shape index (κ3) is 2.81. The molecule has 1 aromatic heterocycles. The summed E-state index contributed by atoms with van der Waals surface area (Å²) in [6, 6.07) is 9.30. The molecule has 1 aromatic carbocycles. The number of para-hydroxylation sites is 1. The van der Waals surface area contributed by atoms with E-state index in [2.05, 4.69) is 16.4 Å². The molecule has 0 radical (unpaired) electrons. The van der Waals surface area contributed by atoms with Gasteiger partial charge in [0, 0.05) is 24.2 Å². The van der Waals surface area contributed by atoms with Crippen LogP contribution in [0, 0.1) is 11.3 Å². The lowest BCUT2D eigenvalue weighted by Gasteiger charge is -2.17. The normalized spacial score (nSPS) is 13.8. The Labute approximate surface area is 111 Å². The summed E-state index contributed by atoms with van der Waals surface area (Å²) in [6.07, 6.45) is 0.935. The predicted molar refractivity (Wildman–Crippen MR) is 74.6 cm³/mol. The molecule has 5 nitrogen and oxygen atoms in total. The molecule has 0 aliphatic carbocycles. The summed E-state index contributed by atoms with van der Waals surface area (Å²) >= 11 is 0. The number of nitrogens with two attached hydrogens (primary N) is 1. The highest BCUT2D eigenvalue weighted by atomic mass is 16.3. The molecule has 0 aliphatic heterocycles. The number of hydrogen-bond donors (Lipinski definition) is 3. The van der Waals surface area contributed by atoms with Crippen LogP contribution in [-0.2, 0) is 0 Å². The zero-order valence-corrected chi connectivity index (χ0v) is 10.7. The molecule has 98 valence electrons. The topological polar surface area (TPSA) is 95.0 Å². The van der Waals surface area contributed by atoms with Gasteiger partial charge in [0.25, 0.3) is 0 Å². The molecule has 2 atom stereocenters. The van der Waals surface area contributed by atoms with Gasteiger partial charge in [0.05, 0.1) is 22.9 Å². The fourth-order valence-corrected chi connectivity index (χ4v) is 1.81. The lowest BCUT2D eigenvalue weighted by Crippen LogP contribution is -2.38. The van der Waals surface area contributed by atoms with Gasteiger partial charge in [-0.05, 0) is 13.0 Å². The van der Waals surface area contributed by atoms with Gasteiger partial charge < -0.3 is 16.2 Å². The molecule has 2 rings (SSSR count). The lowest BCUT2D eigenvalue weighted by molar-refractivity contribution is 0.168.